The summed E-state index contributed by atoms with van der Waals surface area (Å²) in [6.07, 6.45) is 1.12. The van der Waals surface area contributed by atoms with Crippen molar-refractivity contribution >= 4 is 23.1 Å². The van der Waals surface area contributed by atoms with Crippen molar-refractivity contribution < 1.29 is 23.8 Å². The Kier molecular flexibility index (Phi) is 5.85. The number of dihydropyridines is 1. The fourth-order valence-corrected chi connectivity index (χ4v) is 6.09. The van der Waals surface area contributed by atoms with Gasteiger partial charge in [0.25, 0.3) is 0 Å². The van der Waals surface area contributed by atoms with Crippen LogP contribution in [-0.4, -0.2) is 18.5 Å². The van der Waals surface area contributed by atoms with Gasteiger partial charge in [-0.15, -0.1) is 11.3 Å². The summed E-state index contributed by atoms with van der Waals surface area (Å²) >= 11 is 1.67. The molecule has 0 amide bonds. The maximum absolute atomic E-state index is 13.7. The number of ether oxygens (including phenoxy) is 3. The van der Waals surface area contributed by atoms with Crippen molar-refractivity contribution in [2.75, 3.05) is 6.79 Å². The van der Waals surface area contributed by atoms with E-state index in [0.717, 1.165) is 16.8 Å². The Morgan fingerprint density at radius 3 is 2.69 bits per heavy atom. The van der Waals surface area contributed by atoms with Gasteiger partial charge >= 0.3 is 5.97 Å². The SMILES string of the molecule is CC1=C(C(=O)OCc2ccccc2)[C@@H](c2ccc3c(c2)OCO3)C2=C(C[C@@H](c3cccs3)CC2=O)N1. The first-order chi connectivity index (χ1) is 17.6. The molecule has 0 unspecified atom stereocenters. The second-order valence-electron chi connectivity index (χ2n) is 9.21. The normalized spacial score (nSPS) is 20.8. The summed E-state index contributed by atoms with van der Waals surface area (Å²) in [4.78, 5) is 28.4. The number of hydrogen-bond donors (Lipinski definition) is 1. The van der Waals surface area contributed by atoms with Crippen LogP contribution >= 0.6 is 11.3 Å². The van der Waals surface area contributed by atoms with Gasteiger partial charge in [-0.3, -0.25) is 4.79 Å². The third-order valence-electron chi connectivity index (χ3n) is 6.94. The lowest BCUT2D eigenvalue weighted by molar-refractivity contribution is -0.140. The molecule has 1 N–H and O–H groups in total. The van der Waals surface area contributed by atoms with Crippen molar-refractivity contribution in [1.29, 1.82) is 0 Å². The van der Waals surface area contributed by atoms with E-state index in [-0.39, 0.29) is 25.1 Å². The molecule has 2 atom stereocenters. The van der Waals surface area contributed by atoms with Crippen LogP contribution in [-0.2, 0) is 20.9 Å². The molecule has 7 heteroatoms. The van der Waals surface area contributed by atoms with E-state index in [1.165, 1.54) is 4.88 Å². The van der Waals surface area contributed by atoms with E-state index >= 15 is 0 Å². The van der Waals surface area contributed by atoms with Crippen molar-refractivity contribution in [2.45, 2.75) is 38.2 Å². The van der Waals surface area contributed by atoms with Crippen molar-refractivity contribution in [3.05, 3.63) is 105 Å². The first-order valence-corrected chi connectivity index (χ1v) is 12.8. The number of hydrogen-bond acceptors (Lipinski definition) is 7. The quantitative estimate of drug-likeness (QED) is 0.462. The highest BCUT2D eigenvalue weighted by Gasteiger charge is 2.42. The highest BCUT2D eigenvalue weighted by molar-refractivity contribution is 7.10. The summed E-state index contributed by atoms with van der Waals surface area (Å²) in [6, 6.07) is 19.3. The molecule has 36 heavy (non-hydrogen) atoms. The zero-order valence-corrected chi connectivity index (χ0v) is 20.6. The van der Waals surface area contributed by atoms with Crippen LogP contribution in [0, 0.1) is 0 Å². The maximum atomic E-state index is 13.7. The molecule has 3 aliphatic rings. The number of ketones is 1. The van der Waals surface area contributed by atoms with E-state index in [1.807, 2.05) is 66.9 Å². The Hall–Kier alpha value is -3.84. The van der Waals surface area contributed by atoms with Crippen LogP contribution in [0.25, 0.3) is 0 Å². The number of rotatable bonds is 5. The lowest BCUT2D eigenvalue weighted by Gasteiger charge is -2.36. The van der Waals surface area contributed by atoms with Crippen LogP contribution in [0.15, 0.2) is 88.6 Å². The molecule has 3 aromatic rings. The lowest BCUT2D eigenvalue weighted by Crippen LogP contribution is -2.36. The summed E-state index contributed by atoms with van der Waals surface area (Å²) in [6.45, 7) is 2.19. The first-order valence-electron chi connectivity index (χ1n) is 12.0. The zero-order valence-electron chi connectivity index (χ0n) is 19.8. The van der Waals surface area contributed by atoms with Gasteiger partial charge in [0.05, 0.1) is 5.57 Å². The van der Waals surface area contributed by atoms with Gasteiger partial charge in [0.2, 0.25) is 6.79 Å². The van der Waals surface area contributed by atoms with Gasteiger partial charge < -0.3 is 19.5 Å². The molecule has 3 heterocycles. The number of nitrogens with one attached hydrogen (secondary N) is 1. The fraction of sp³-hybridized carbons (Fsp3) is 0.241. The number of Topliss-reactive ketones (excluding diaryl/α,β-unsaturated/α-hetero) is 1. The van der Waals surface area contributed by atoms with Crippen LogP contribution < -0.4 is 14.8 Å². The maximum Gasteiger partial charge on any atom is 0.337 e. The van der Waals surface area contributed by atoms with E-state index in [2.05, 4.69) is 11.4 Å². The molecule has 0 saturated heterocycles. The molecular weight excluding hydrogens is 474 g/mol. The Balaban J connectivity index is 1.39. The molecule has 0 spiro atoms. The smallest absolute Gasteiger partial charge is 0.337 e. The minimum Gasteiger partial charge on any atom is -0.457 e. The topological polar surface area (TPSA) is 73.9 Å². The zero-order chi connectivity index (χ0) is 24.6. The molecule has 0 fully saturated rings. The van der Waals surface area contributed by atoms with Gasteiger partial charge in [-0.2, -0.15) is 0 Å². The van der Waals surface area contributed by atoms with Crippen LogP contribution in [0.3, 0.4) is 0 Å². The van der Waals surface area contributed by atoms with Gasteiger partial charge in [-0.05, 0) is 48.1 Å². The largest absolute Gasteiger partial charge is 0.457 e. The number of esters is 1. The van der Waals surface area contributed by atoms with Crippen LogP contribution in [0.4, 0.5) is 0 Å². The fourth-order valence-electron chi connectivity index (χ4n) is 5.26. The van der Waals surface area contributed by atoms with E-state index < -0.39 is 11.9 Å². The van der Waals surface area contributed by atoms with E-state index in [1.54, 1.807) is 11.3 Å². The number of carbonyl (C=O) groups excluding carboxylic acids is 2. The van der Waals surface area contributed by atoms with Crippen molar-refractivity contribution in [3.63, 3.8) is 0 Å². The second-order valence-corrected chi connectivity index (χ2v) is 10.2. The number of thiophene rings is 1. The van der Waals surface area contributed by atoms with Crippen LogP contribution in [0.5, 0.6) is 11.5 Å². The molecule has 0 saturated carbocycles. The third-order valence-corrected chi connectivity index (χ3v) is 7.97. The van der Waals surface area contributed by atoms with Gasteiger partial charge in [0, 0.05) is 40.1 Å². The number of allylic oxidation sites excluding steroid dienone is 3. The molecular formula is C29H25NO5S. The molecule has 0 radical (unpaired) electrons. The Morgan fingerprint density at radius 1 is 1.06 bits per heavy atom. The van der Waals surface area contributed by atoms with Gasteiger partial charge in [0.1, 0.15) is 6.61 Å². The third kappa shape index (κ3) is 4.09. The number of fused-ring (bicyclic) bond motifs is 1. The van der Waals surface area contributed by atoms with Crippen LogP contribution in [0.1, 0.15) is 47.6 Å². The molecule has 2 aromatic carbocycles. The summed E-state index contributed by atoms with van der Waals surface area (Å²) in [5, 5.41) is 5.45. The number of carbonyl (C=O) groups is 2. The first kappa shape index (κ1) is 22.6. The number of benzene rings is 2. The summed E-state index contributed by atoms with van der Waals surface area (Å²) in [5.41, 5.74) is 4.38. The predicted molar refractivity (Wildman–Crippen MR) is 136 cm³/mol. The summed E-state index contributed by atoms with van der Waals surface area (Å²) in [7, 11) is 0. The highest BCUT2D eigenvalue weighted by atomic mass is 32.1. The van der Waals surface area contributed by atoms with Crippen molar-refractivity contribution in [2.24, 2.45) is 0 Å². The van der Waals surface area contributed by atoms with Gasteiger partial charge in [0.15, 0.2) is 17.3 Å². The summed E-state index contributed by atoms with van der Waals surface area (Å²) < 4.78 is 16.9. The minimum atomic E-state index is -0.546. The average Bonchev–Trinajstić information content (AvgIpc) is 3.59. The Labute approximate surface area is 213 Å². The molecule has 6 rings (SSSR count). The monoisotopic (exact) mass is 499 g/mol. The van der Waals surface area contributed by atoms with E-state index in [0.29, 0.717) is 41.2 Å². The minimum absolute atomic E-state index is 0.0469. The second kappa shape index (κ2) is 9.32. The van der Waals surface area contributed by atoms with Crippen molar-refractivity contribution in [3.8, 4) is 11.5 Å². The Bertz CT molecular complexity index is 1390. The van der Waals surface area contributed by atoms with E-state index in [4.69, 9.17) is 14.2 Å². The highest BCUT2D eigenvalue weighted by Crippen LogP contribution is 2.47. The standard InChI is InChI=1S/C29H25NO5S/c1-17-26(29(32)33-15-18-6-3-2-4-7-18)27(19-9-10-23-24(14-19)35-16-34-23)28-21(30-17)12-20(13-22(28)31)25-8-5-11-36-25/h2-11,14,20,27,30H,12-13,15-16H2,1H3/t20-,27-/m1/s1. The van der Waals surface area contributed by atoms with Crippen LogP contribution in [0.2, 0.25) is 0 Å². The average molecular weight is 500 g/mol. The van der Waals surface area contributed by atoms with Gasteiger partial charge in [-0.25, -0.2) is 4.79 Å². The van der Waals surface area contributed by atoms with E-state index in [9.17, 15) is 9.59 Å². The van der Waals surface area contributed by atoms with Gasteiger partial charge in [-0.1, -0.05) is 42.5 Å². The van der Waals surface area contributed by atoms with Crippen molar-refractivity contribution in [1.82, 2.24) is 5.32 Å². The molecule has 1 aliphatic carbocycles. The lowest BCUT2D eigenvalue weighted by atomic mass is 9.72. The molecule has 2 aliphatic heterocycles. The summed E-state index contributed by atoms with van der Waals surface area (Å²) in [5.74, 6) is 0.458. The molecule has 0 bridgehead atoms. The Morgan fingerprint density at radius 2 is 1.89 bits per heavy atom. The molecule has 182 valence electrons. The molecule has 1 aromatic heterocycles. The molecule has 6 nitrogen and oxygen atoms in total. The predicted octanol–water partition coefficient (Wildman–Crippen LogP) is 5.58.